The number of ether oxygens (including phenoxy) is 2. The molecule has 0 aliphatic carbocycles. The highest BCUT2D eigenvalue weighted by Crippen LogP contribution is 2.33. The maximum absolute atomic E-state index is 12.9. The van der Waals surface area contributed by atoms with E-state index < -0.39 is 10.2 Å². The van der Waals surface area contributed by atoms with E-state index in [1.165, 1.54) is 37.1 Å². The maximum atomic E-state index is 12.9. The first-order valence-corrected chi connectivity index (χ1v) is 11.0. The highest BCUT2D eigenvalue weighted by atomic mass is 32.2. The fourth-order valence-corrected chi connectivity index (χ4v) is 4.09. The lowest BCUT2D eigenvalue weighted by Gasteiger charge is -2.17. The van der Waals surface area contributed by atoms with Crippen molar-refractivity contribution < 1.29 is 19.2 Å². The molecule has 0 bridgehead atoms. The van der Waals surface area contributed by atoms with Gasteiger partial charge in [-0.25, -0.2) is 0 Å². The summed E-state index contributed by atoms with van der Waals surface area (Å²) in [6.45, 7) is 5.76. The molecule has 0 spiro atoms. The lowest BCUT2D eigenvalue weighted by Crippen LogP contribution is -2.23. The average molecular weight is 472 g/mol. The topological polar surface area (TPSA) is 121 Å². The van der Waals surface area contributed by atoms with Crippen LogP contribution in [0.4, 0.5) is 11.4 Å². The molecule has 0 saturated carbocycles. The van der Waals surface area contributed by atoms with Crippen LogP contribution in [0.25, 0.3) is 11.4 Å². The molecule has 1 heterocycles. The zero-order valence-corrected chi connectivity index (χ0v) is 19.8. The Bertz CT molecular complexity index is 1150. The summed E-state index contributed by atoms with van der Waals surface area (Å²) in [6, 6.07) is 11.6. The minimum atomic E-state index is -0.556. The summed E-state index contributed by atoms with van der Waals surface area (Å²) in [7, 11) is 3.04. The third-order valence-electron chi connectivity index (χ3n) is 4.83. The van der Waals surface area contributed by atoms with Crippen LogP contribution < -0.4 is 14.8 Å². The largest absolute Gasteiger partial charge is 0.497 e. The Morgan fingerprint density at radius 2 is 1.79 bits per heavy atom. The minimum Gasteiger partial charge on any atom is -0.497 e. The molecule has 3 rings (SSSR count). The Morgan fingerprint density at radius 3 is 2.36 bits per heavy atom. The average Bonchev–Trinajstić information content (AvgIpc) is 3.22. The Hall–Kier alpha value is -3.60. The number of nitro groups is 1. The Morgan fingerprint density at radius 1 is 1.09 bits per heavy atom. The summed E-state index contributed by atoms with van der Waals surface area (Å²) in [4.78, 5) is 23.4. The molecule has 174 valence electrons. The summed E-state index contributed by atoms with van der Waals surface area (Å²) in [5.41, 5.74) is 0.964. The van der Waals surface area contributed by atoms with Gasteiger partial charge in [-0.05, 0) is 51.1 Å². The second-order valence-electron chi connectivity index (χ2n) is 7.39. The molecule has 3 aromatic rings. The van der Waals surface area contributed by atoms with Gasteiger partial charge in [0.05, 0.1) is 30.1 Å². The quantitative estimate of drug-likeness (QED) is 0.274. The highest BCUT2D eigenvalue weighted by Gasteiger charge is 2.23. The van der Waals surface area contributed by atoms with E-state index in [0.29, 0.717) is 16.7 Å². The maximum Gasteiger partial charge on any atom is 0.271 e. The van der Waals surface area contributed by atoms with E-state index in [1.807, 2.05) is 42.7 Å². The first kappa shape index (κ1) is 24.1. The molecule has 0 fully saturated rings. The third kappa shape index (κ3) is 5.43. The van der Waals surface area contributed by atoms with Crippen LogP contribution in [-0.2, 0) is 4.79 Å². The van der Waals surface area contributed by atoms with Crippen molar-refractivity contribution >= 4 is 29.0 Å². The van der Waals surface area contributed by atoms with Crippen molar-refractivity contribution in [2.75, 3.05) is 19.5 Å². The molecular formula is C22H25N5O5S. The smallest absolute Gasteiger partial charge is 0.271 e. The molecule has 1 N–H and O–H groups in total. The monoisotopic (exact) mass is 471 g/mol. The standard InChI is InChI=1S/C22H25N5O5S/c1-13(2)26-20(15-6-9-17(31-4)10-7-15)24-25-22(26)33-14(3)21(28)23-18-12-16(27(29)30)8-11-19(18)32-5/h6-14H,1-5H3,(H,23,28)/t14-/m1/s1. The summed E-state index contributed by atoms with van der Waals surface area (Å²) in [5, 5.41) is 22.5. The van der Waals surface area contributed by atoms with Crippen molar-refractivity contribution in [2.24, 2.45) is 0 Å². The molecule has 11 heteroatoms. The molecule has 0 radical (unpaired) electrons. The predicted molar refractivity (Wildman–Crippen MR) is 126 cm³/mol. The lowest BCUT2D eigenvalue weighted by molar-refractivity contribution is -0.384. The van der Waals surface area contributed by atoms with E-state index in [9.17, 15) is 14.9 Å². The number of nitrogens with zero attached hydrogens (tertiary/aromatic N) is 4. The third-order valence-corrected chi connectivity index (χ3v) is 5.89. The van der Waals surface area contributed by atoms with Crippen LogP contribution in [0.5, 0.6) is 11.5 Å². The van der Waals surface area contributed by atoms with E-state index in [1.54, 1.807) is 14.0 Å². The SMILES string of the molecule is COc1ccc(-c2nnc(S[C@H](C)C(=O)Nc3cc([N+](=O)[O-])ccc3OC)n2C(C)C)cc1. The summed E-state index contributed by atoms with van der Waals surface area (Å²) >= 11 is 1.25. The second-order valence-corrected chi connectivity index (χ2v) is 8.70. The van der Waals surface area contributed by atoms with Crippen molar-refractivity contribution in [3.8, 4) is 22.9 Å². The molecule has 0 aliphatic rings. The zero-order chi connectivity index (χ0) is 24.1. The normalized spacial score (nSPS) is 11.8. The predicted octanol–water partition coefficient (Wildman–Crippen LogP) is 4.57. The molecule has 1 aromatic heterocycles. The number of hydrogen-bond acceptors (Lipinski definition) is 8. The number of non-ortho nitro benzene ring substituents is 1. The lowest BCUT2D eigenvalue weighted by atomic mass is 10.2. The van der Waals surface area contributed by atoms with Crippen molar-refractivity contribution in [3.05, 3.63) is 52.6 Å². The number of amides is 1. The molecule has 1 atom stereocenters. The van der Waals surface area contributed by atoms with E-state index in [2.05, 4.69) is 15.5 Å². The zero-order valence-electron chi connectivity index (χ0n) is 18.9. The number of anilines is 1. The number of hydrogen-bond donors (Lipinski definition) is 1. The Labute approximate surface area is 195 Å². The van der Waals surface area contributed by atoms with Gasteiger partial charge in [-0.2, -0.15) is 0 Å². The number of nitro benzene ring substituents is 1. The van der Waals surface area contributed by atoms with Crippen LogP contribution in [0.15, 0.2) is 47.6 Å². The van der Waals surface area contributed by atoms with Gasteiger partial charge >= 0.3 is 0 Å². The number of aromatic nitrogens is 3. The number of carbonyl (C=O) groups is 1. The van der Waals surface area contributed by atoms with Gasteiger partial charge in [0.25, 0.3) is 5.69 Å². The molecule has 0 aliphatic heterocycles. The molecule has 2 aromatic carbocycles. The van der Waals surface area contributed by atoms with E-state index in [-0.39, 0.29) is 23.3 Å². The minimum absolute atomic E-state index is 0.0479. The Balaban J connectivity index is 1.82. The summed E-state index contributed by atoms with van der Waals surface area (Å²) in [5.74, 6) is 1.41. The van der Waals surface area contributed by atoms with Gasteiger partial charge in [0.15, 0.2) is 11.0 Å². The number of nitrogens with one attached hydrogen (secondary N) is 1. The summed E-state index contributed by atoms with van der Waals surface area (Å²) in [6.07, 6.45) is 0. The fourth-order valence-electron chi connectivity index (χ4n) is 3.11. The molecule has 0 saturated heterocycles. The number of thioether (sulfide) groups is 1. The second kappa shape index (κ2) is 10.3. The van der Waals surface area contributed by atoms with Crippen LogP contribution in [-0.4, -0.2) is 45.1 Å². The van der Waals surface area contributed by atoms with Crippen LogP contribution in [0.3, 0.4) is 0 Å². The van der Waals surface area contributed by atoms with Gasteiger partial charge in [0.1, 0.15) is 11.5 Å². The van der Waals surface area contributed by atoms with Crippen molar-refractivity contribution in [2.45, 2.75) is 37.2 Å². The van der Waals surface area contributed by atoms with Crippen molar-refractivity contribution in [3.63, 3.8) is 0 Å². The number of rotatable bonds is 9. The highest BCUT2D eigenvalue weighted by molar-refractivity contribution is 8.00. The van der Waals surface area contributed by atoms with Crippen LogP contribution in [0.1, 0.15) is 26.8 Å². The molecule has 10 nitrogen and oxygen atoms in total. The van der Waals surface area contributed by atoms with E-state index >= 15 is 0 Å². The van der Waals surface area contributed by atoms with Crippen LogP contribution >= 0.6 is 11.8 Å². The first-order valence-electron chi connectivity index (χ1n) is 10.1. The molecule has 1 amide bonds. The van der Waals surface area contributed by atoms with Crippen LogP contribution in [0, 0.1) is 10.1 Å². The molecular weight excluding hydrogens is 446 g/mol. The van der Waals surface area contributed by atoms with Gasteiger partial charge in [-0.15, -0.1) is 10.2 Å². The number of methoxy groups -OCH3 is 2. The van der Waals surface area contributed by atoms with Crippen LogP contribution in [0.2, 0.25) is 0 Å². The number of carbonyl (C=O) groups excluding carboxylic acids is 1. The van der Waals surface area contributed by atoms with Crippen molar-refractivity contribution in [1.82, 2.24) is 14.8 Å². The van der Waals surface area contributed by atoms with Crippen molar-refractivity contribution in [1.29, 1.82) is 0 Å². The van der Waals surface area contributed by atoms with Gasteiger partial charge in [-0.1, -0.05) is 11.8 Å². The van der Waals surface area contributed by atoms with E-state index in [0.717, 1.165) is 11.3 Å². The summed E-state index contributed by atoms with van der Waals surface area (Å²) < 4.78 is 12.4. The van der Waals surface area contributed by atoms with Gasteiger partial charge in [-0.3, -0.25) is 19.5 Å². The van der Waals surface area contributed by atoms with Gasteiger partial charge in [0.2, 0.25) is 5.91 Å². The molecule has 33 heavy (non-hydrogen) atoms. The fraction of sp³-hybridized carbons (Fsp3) is 0.318. The van der Waals surface area contributed by atoms with E-state index in [4.69, 9.17) is 9.47 Å². The number of benzene rings is 2. The Kier molecular flexibility index (Phi) is 7.54. The van der Waals surface area contributed by atoms with Gasteiger partial charge in [0, 0.05) is 23.7 Å². The first-order chi connectivity index (χ1) is 15.7. The molecule has 0 unspecified atom stereocenters. The van der Waals surface area contributed by atoms with Gasteiger partial charge < -0.3 is 14.8 Å².